The van der Waals surface area contributed by atoms with Crippen LogP contribution in [-0.2, 0) is 9.53 Å². The molecule has 1 saturated heterocycles. The summed E-state index contributed by atoms with van der Waals surface area (Å²) in [6, 6.07) is 0. The number of amides is 1. The number of piperidine rings is 1. The van der Waals surface area contributed by atoms with Crippen LogP contribution in [0, 0.1) is 11.8 Å². The van der Waals surface area contributed by atoms with Crippen molar-refractivity contribution in [1.29, 1.82) is 0 Å². The Labute approximate surface area is 95.9 Å². The van der Waals surface area contributed by atoms with Gasteiger partial charge in [0.2, 0.25) is 0 Å². The van der Waals surface area contributed by atoms with Gasteiger partial charge in [0.15, 0.2) is 0 Å². The molecule has 0 bridgehead atoms. The molecule has 0 aromatic heterocycles. The zero-order valence-corrected chi connectivity index (χ0v) is 10.2. The van der Waals surface area contributed by atoms with Gasteiger partial charge >= 0.3 is 6.09 Å². The maximum atomic E-state index is 11.8. The van der Waals surface area contributed by atoms with E-state index in [0.29, 0.717) is 24.7 Å². The lowest BCUT2D eigenvalue weighted by molar-refractivity contribution is -0.137. The van der Waals surface area contributed by atoms with Crippen molar-refractivity contribution < 1.29 is 14.3 Å². The standard InChI is InChI=1S/C12H19NO3/c1-12(2,3)16-11(15)13-5-4-8-6-10(14)9(8)7-13/h8-9H,4-7H2,1-3H3/t8-,9-/m0/s1. The van der Waals surface area contributed by atoms with Crippen molar-refractivity contribution in [1.82, 2.24) is 4.90 Å². The number of rotatable bonds is 0. The lowest BCUT2D eigenvalue weighted by atomic mass is 9.68. The molecule has 4 nitrogen and oxygen atoms in total. The number of fused-ring (bicyclic) bond motifs is 1. The molecule has 1 amide bonds. The van der Waals surface area contributed by atoms with Crippen LogP contribution >= 0.6 is 0 Å². The van der Waals surface area contributed by atoms with E-state index in [9.17, 15) is 9.59 Å². The molecule has 16 heavy (non-hydrogen) atoms. The van der Waals surface area contributed by atoms with Crippen LogP contribution in [0.1, 0.15) is 33.6 Å². The van der Waals surface area contributed by atoms with Crippen molar-refractivity contribution in [2.45, 2.75) is 39.2 Å². The maximum absolute atomic E-state index is 11.8. The summed E-state index contributed by atoms with van der Waals surface area (Å²) < 4.78 is 5.30. The fourth-order valence-corrected chi connectivity index (χ4v) is 2.35. The minimum Gasteiger partial charge on any atom is -0.444 e. The molecule has 0 aromatic carbocycles. The summed E-state index contributed by atoms with van der Waals surface area (Å²) in [5.74, 6) is 0.908. The minimum absolute atomic E-state index is 0.0845. The van der Waals surface area contributed by atoms with Gasteiger partial charge in [0.25, 0.3) is 0 Å². The Bertz CT molecular complexity index is 319. The Kier molecular flexibility index (Phi) is 2.68. The highest BCUT2D eigenvalue weighted by Crippen LogP contribution is 2.37. The second-order valence-electron chi connectivity index (χ2n) is 5.75. The van der Waals surface area contributed by atoms with E-state index < -0.39 is 5.60 Å². The lowest BCUT2D eigenvalue weighted by Gasteiger charge is -2.43. The number of carbonyl (C=O) groups is 2. The van der Waals surface area contributed by atoms with Gasteiger partial charge < -0.3 is 9.64 Å². The Morgan fingerprint density at radius 3 is 2.69 bits per heavy atom. The van der Waals surface area contributed by atoms with Gasteiger partial charge in [-0.05, 0) is 33.1 Å². The summed E-state index contributed by atoms with van der Waals surface area (Å²) >= 11 is 0. The zero-order chi connectivity index (χ0) is 11.9. The van der Waals surface area contributed by atoms with E-state index in [0.717, 1.165) is 13.0 Å². The first-order valence-corrected chi connectivity index (χ1v) is 5.87. The molecule has 0 radical (unpaired) electrons. The predicted molar refractivity (Wildman–Crippen MR) is 59.0 cm³/mol. The normalized spacial score (nSPS) is 29.4. The minimum atomic E-state index is -0.461. The van der Waals surface area contributed by atoms with Gasteiger partial charge in [-0.1, -0.05) is 0 Å². The van der Waals surface area contributed by atoms with Crippen molar-refractivity contribution in [2.24, 2.45) is 11.8 Å². The highest BCUT2D eigenvalue weighted by molar-refractivity contribution is 5.88. The van der Waals surface area contributed by atoms with Crippen molar-refractivity contribution in [2.75, 3.05) is 13.1 Å². The van der Waals surface area contributed by atoms with Crippen LogP contribution in [0.2, 0.25) is 0 Å². The Hall–Kier alpha value is -1.06. The Balaban J connectivity index is 1.91. The fourth-order valence-electron chi connectivity index (χ4n) is 2.35. The molecule has 1 aliphatic heterocycles. The summed E-state index contributed by atoms with van der Waals surface area (Å²) in [7, 11) is 0. The number of hydrogen-bond acceptors (Lipinski definition) is 3. The first-order chi connectivity index (χ1) is 7.37. The van der Waals surface area contributed by atoms with Crippen LogP contribution < -0.4 is 0 Å². The van der Waals surface area contributed by atoms with Crippen molar-refractivity contribution >= 4 is 11.9 Å². The van der Waals surface area contributed by atoms with Gasteiger partial charge in [-0.3, -0.25) is 4.79 Å². The van der Waals surface area contributed by atoms with Gasteiger partial charge in [-0.15, -0.1) is 0 Å². The van der Waals surface area contributed by atoms with Crippen LogP contribution in [0.4, 0.5) is 4.79 Å². The second kappa shape index (κ2) is 3.75. The molecule has 90 valence electrons. The van der Waals surface area contributed by atoms with Crippen LogP contribution in [0.3, 0.4) is 0 Å². The highest BCUT2D eigenvalue weighted by Gasteiger charge is 2.44. The third-order valence-corrected chi connectivity index (χ3v) is 3.28. The monoisotopic (exact) mass is 225 g/mol. The van der Waals surface area contributed by atoms with Crippen LogP contribution in [0.25, 0.3) is 0 Å². The average molecular weight is 225 g/mol. The molecular formula is C12H19NO3. The number of ketones is 1. The van der Waals surface area contributed by atoms with Crippen LogP contribution in [-0.4, -0.2) is 35.5 Å². The SMILES string of the molecule is CC(C)(C)OC(=O)N1CC[C@H]2CC(=O)[C@H]2C1. The van der Waals surface area contributed by atoms with E-state index in [-0.39, 0.29) is 12.0 Å². The molecular weight excluding hydrogens is 206 g/mol. The van der Waals surface area contributed by atoms with E-state index in [1.807, 2.05) is 20.8 Å². The second-order valence-corrected chi connectivity index (χ2v) is 5.75. The number of likely N-dealkylation sites (tertiary alicyclic amines) is 1. The summed E-state index contributed by atoms with van der Waals surface area (Å²) in [5, 5.41) is 0. The van der Waals surface area contributed by atoms with Gasteiger partial charge in [-0.2, -0.15) is 0 Å². The van der Waals surface area contributed by atoms with E-state index in [1.165, 1.54) is 0 Å². The van der Waals surface area contributed by atoms with Crippen molar-refractivity contribution in [3.8, 4) is 0 Å². The molecule has 0 aromatic rings. The van der Waals surface area contributed by atoms with Gasteiger partial charge in [-0.25, -0.2) is 4.79 Å². The van der Waals surface area contributed by atoms with Crippen molar-refractivity contribution in [3.05, 3.63) is 0 Å². The van der Waals surface area contributed by atoms with Gasteiger partial charge in [0, 0.05) is 25.4 Å². The molecule has 1 heterocycles. The molecule has 2 aliphatic rings. The fraction of sp³-hybridized carbons (Fsp3) is 0.833. The molecule has 4 heteroatoms. The average Bonchev–Trinajstić information content (AvgIpc) is 2.13. The Morgan fingerprint density at radius 2 is 2.12 bits per heavy atom. The first-order valence-electron chi connectivity index (χ1n) is 5.87. The molecule has 2 fully saturated rings. The molecule has 1 aliphatic carbocycles. The summed E-state index contributed by atoms with van der Waals surface area (Å²) in [4.78, 5) is 24.8. The number of carbonyl (C=O) groups excluding carboxylic acids is 2. The number of ether oxygens (including phenoxy) is 1. The third-order valence-electron chi connectivity index (χ3n) is 3.28. The van der Waals surface area contributed by atoms with E-state index in [2.05, 4.69) is 0 Å². The van der Waals surface area contributed by atoms with E-state index in [1.54, 1.807) is 4.90 Å². The molecule has 0 unspecified atom stereocenters. The highest BCUT2D eigenvalue weighted by atomic mass is 16.6. The number of Topliss-reactive ketones (excluding diaryl/α,β-unsaturated/α-hetero) is 1. The predicted octanol–water partition coefficient (Wildman–Crippen LogP) is 1.83. The largest absolute Gasteiger partial charge is 0.444 e. The first kappa shape index (κ1) is 11.4. The summed E-state index contributed by atoms with van der Waals surface area (Å²) in [6.45, 7) is 6.84. The van der Waals surface area contributed by atoms with Gasteiger partial charge in [0.1, 0.15) is 11.4 Å². The molecule has 0 N–H and O–H groups in total. The molecule has 0 spiro atoms. The summed E-state index contributed by atoms with van der Waals surface area (Å²) in [6.07, 6.45) is 1.37. The van der Waals surface area contributed by atoms with Crippen molar-refractivity contribution in [3.63, 3.8) is 0 Å². The van der Waals surface area contributed by atoms with E-state index >= 15 is 0 Å². The Morgan fingerprint density at radius 1 is 1.44 bits per heavy atom. The zero-order valence-electron chi connectivity index (χ0n) is 10.2. The topological polar surface area (TPSA) is 46.6 Å². The summed E-state index contributed by atoms with van der Waals surface area (Å²) in [5.41, 5.74) is -0.461. The van der Waals surface area contributed by atoms with Gasteiger partial charge in [0.05, 0.1) is 0 Å². The van der Waals surface area contributed by atoms with Crippen LogP contribution in [0.5, 0.6) is 0 Å². The number of nitrogens with zero attached hydrogens (tertiary/aromatic N) is 1. The smallest absolute Gasteiger partial charge is 0.410 e. The molecule has 2 rings (SSSR count). The maximum Gasteiger partial charge on any atom is 0.410 e. The lowest BCUT2D eigenvalue weighted by Crippen LogP contribution is -2.53. The quantitative estimate of drug-likeness (QED) is 0.632. The molecule has 2 atom stereocenters. The van der Waals surface area contributed by atoms with Crippen LogP contribution in [0.15, 0.2) is 0 Å². The number of hydrogen-bond donors (Lipinski definition) is 0. The third kappa shape index (κ3) is 2.20. The molecule has 1 saturated carbocycles. The van der Waals surface area contributed by atoms with E-state index in [4.69, 9.17) is 4.74 Å².